The fourth-order valence-corrected chi connectivity index (χ4v) is 10.0. The first-order valence-corrected chi connectivity index (χ1v) is 21.0. The molecular weight excluding hydrogens is 688 g/mol. The lowest BCUT2D eigenvalue weighted by Gasteiger charge is -2.43. The predicted octanol–water partition coefficient (Wildman–Crippen LogP) is 5.42. The van der Waals surface area contributed by atoms with E-state index in [1.165, 1.54) is 10.5 Å². The zero-order valence-electron chi connectivity index (χ0n) is 27.9. The van der Waals surface area contributed by atoms with E-state index < -0.39 is 31.7 Å². The number of hydrogen-bond acceptors (Lipinski definition) is 8. The molecule has 0 radical (unpaired) electrons. The van der Waals surface area contributed by atoms with Gasteiger partial charge in [-0.15, -0.1) is 4.36 Å². The van der Waals surface area contributed by atoms with Crippen LogP contribution in [0.2, 0.25) is 5.02 Å². The van der Waals surface area contributed by atoms with Crippen molar-refractivity contribution in [2.45, 2.75) is 57.6 Å². The van der Waals surface area contributed by atoms with Gasteiger partial charge in [0.2, 0.25) is 0 Å². The quantitative estimate of drug-likeness (QED) is 0.405. The van der Waals surface area contributed by atoms with Crippen LogP contribution in [0.15, 0.2) is 52.9 Å². The molecule has 266 valence electrons. The van der Waals surface area contributed by atoms with E-state index in [0.717, 1.165) is 43.4 Å². The fourth-order valence-electron chi connectivity index (χ4n) is 7.04. The molecule has 4 aliphatic rings. The minimum Gasteiger partial charge on any atom is -0.491 e. The number of urea groups is 1. The van der Waals surface area contributed by atoms with E-state index in [4.69, 9.17) is 21.1 Å². The molecule has 2 aromatic carbocycles. The molecule has 3 amide bonds. The van der Waals surface area contributed by atoms with Gasteiger partial charge in [-0.25, -0.2) is 17.4 Å². The number of amides is 3. The number of rotatable bonds is 2. The Morgan fingerprint density at radius 3 is 2.59 bits per heavy atom. The molecule has 2 bridgehead atoms. The molecule has 14 heteroatoms. The minimum absolute atomic E-state index is 0.0169. The average molecular weight is 733 g/mol. The number of nitrogens with one attached hydrogen (secondary N) is 1. The third kappa shape index (κ3) is 8.79. The van der Waals surface area contributed by atoms with Gasteiger partial charge >= 0.3 is 6.03 Å². The van der Waals surface area contributed by atoms with Crippen LogP contribution in [0, 0.1) is 11.8 Å². The molecule has 1 N–H and O–H groups in total. The molecule has 1 saturated carbocycles. The monoisotopic (exact) mass is 732 g/mol. The molecule has 1 saturated heterocycles. The van der Waals surface area contributed by atoms with Crippen LogP contribution in [-0.4, -0.2) is 86.2 Å². The summed E-state index contributed by atoms with van der Waals surface area (Å²) in [7, 11) is -5.07. The van der Waals surface area contributed by atoms with Crippen LogP contribution in [0.5, 0.6) is 5.75 Å². The molecule has 0 aromatic heterocycles. The van der Waals surface area contributed by atoms with E-state index in [1.54, 1.807) is 25.3 Å². The third-order valence-corrected chi connectivity index (χ3v) is 13.7. The number of ether oxygens (including phenoxy) is 2. The summed E-state index contributed by atoms with van der Waals surface area (Å²) in [6, 6.07) is 10.5. The second-order valence-electron chi connectivity index (χ2n) is 13.3. The standard InChI is InChI=1S/C35H45ClN4O7S2/c1-46-32-8-3-2-6-18-49(45,38-35(42)39-15-19-48(43,44)20-16-39)37-34(41)26-11-14-33-31(22-26)40(24-28-10-13-30(28)32)23-27-9-12-29(36)21-25(27)7-4-5-17-47-33/h3,8-9,11-12,14,21-22,28,30,32H,2,4-7,10,13,15-20,23-24H2,1H3,(H,37,38,41,42,45)/b8-3+/t28-,30+,32-,49+/m0/s1. The highest BCUT2D eigenvalue weighted by Gasteiger charge is 2.38. The number of methoxy groups -OCH3 is 1. The second-order valence-corrected chi connectivity index (χ2v) is 18.2. The van der Waals surface area contributed by atoms with E-state index in [-0.39, 0.29) is 42.0 Å². The van der Waals surface area contributed by atoms with Crippen molar-refractivity contribution in [2.75, 3.05) is 55.5 Å². The Balaban J connectivity index is 1.40. The van der Waals surface area contributed by atoms with E-state index >= 15 is 0 Å². The molecule has 1 aliphatic carbocycles. The lowest BCUT2D eigenvalue weighted by atomic mass is 9.70. The van der Waals surface area contributed by atoms with Gasteiger partial charge in [0, 0.05) is 43.9 Å². The second kappa shape index (κ2) is 15.4. The van der Waals surface area contributed by atoms with Crippen LogP contribution in [0.3, 0.4) is 0 Å². The number of fused-ring (bicyclic) bond motifs is 3. The van der Waals surface area contributed by atoms with Crippen molar-refractivity contribution in [3.8, 4) is 5.75 Å². The van der Waals surface area contributed by atoms with E-state index in [9.17, 15) is 22.2 Å². The van der Waals surface area contributed by atoms with Crippen LogP contribution in [0.1, 0.15) is 60.0 Å². The van der Waals surface area contributed by atoms with Gasteiger partial charge < -0.3 is 19.3 Å². The maximum Gasteiger partial charge on any atom is 0.329 e. The molecule has 49 heavy (non-hydrogen) atoms. The SMILES string of the molecule is CO[C@H]1/C=C/CCC[S@](=O)(NC(=O)N2CCS(=O)(=O)CC2)=NC(=O)c2ccc3c(c2)N(Cc2ccc(Cl)cc2CCCCO3)C[C@@H]2CC[C@H]21. The predicted molar refractivity (Wildman–Crippen MR) is 191 cm³/mol. The van der Waals surface area contributed by atoms with Gasteiger partial charge in [0.15, 0.2) is 9.84 Å². The number of hydrogen-bond donors (Lipinski definition) is 1. The van der Waals surface area contributed by atoms with Crippen LogP contribution in [0.25, 0.3) is 0 Å². The van der Waals surface area contributed by atoms with Crippen molar-refractivity contribution < 1.29 is 31.7 Å². The summed E-state index contributed by atoms with van der Waals surface area (Å²) >= 11 is 6.44. The average Bonchev–Trinajstić information content (AvgIpc) is 3.08. The lowest BCUT2D eigenvalue weighted by molar-refractivity contribution is 0.0134. The maximum absolute atomic E-state index is 14.3. The zero-order chi connectivity index (χ0) is 34.6. The largest absolute Gasteiger partial charge is 0.491 e. The topological polar surface area (TPSA) is 135 Å². The number of sulfone groups is 1. The van der Waals surface area contributed by atoms with Gasteiger partial charge in [0.25, 0.3) is 5.91 Å². The molecule has 3 heterocycles. The number of anilines is 1. The molecule has 2 fully saturated rings. The number of benzene rings is 2. The molecule has 0 unspecified atom stereocenters. The Bertz CT molecular complexity index is 1810. The number of aryl methyl sites for hydroxylation is 1. The molecule has 0 spiro atoms. The number of carbonyl (C=O) groups is 2. The van der Waals surface area contributed by atoms with E-state index in [0.29, 0.717) is 55.1 Å². The summed E-state index contributed by atoms with van der Waals surface area (Å²) in [6.45, 7) is 1.76. The first-order chi connectivity index (χ1) is 23.5. The van der Waals surface area contributed by atoms with E-state index in [1.807, 2.05) is 18.2 Å². The number of nitrogens with zero attached hydrogens (tertiary/aromatic N) is 3. The summed E-state index contributed by atoms with van der Waals surface area (Å²) in [5.41, 5.74) is 3.33. The lowest BCUT2D eigenvalue weighted by Crippen LogP contribution is -2.50. The molecule has 6 rings (SSSR count). The highest BCUT2D eigenvalue weighted by molar-refractivity contribution is 7.92. The smallest absolute Gasteiger partial charge is 0.329 e. The zero-order valence-corrected chi connectivity index (χ0v) is 30.2. The Morgan fingerprint density at radius 1 is 1.02 bits per heavy atom. The maximum atomic E-state index is 14.3. The number of carbonyl (C=O) groups excluding carboxylic acids is 2. The van der Waals surface area contributed by atoms with Crippen LogP contribution in [-0.2, 0) is 37.5 Å². The number of allylic oxidation sites excluding steroid dienone is 1. The van der Waals surface area contributed by atoms with Crippen molar-refractivity contribution in [2.24, 2.45) is 16.2 Å². The highest BCUT2D eigenvalue weighted by Crippen LogP contribution is 2.42. The van der Waals surface area contributed by atoms with Gasteiger partial charge in [-0.1, -0.05) is 29.8 Å². The van der Waals surface area contributed by atoms with E-state index in [2.05, 4.69) is 26.1 Å². The summed E-state index contributed by atoms with van der Waals surface area (Å²) in [4.78, 5) is 30.6. The Morgan fingerprint density at radius 2 is 1.84 bits per heavy atom. The Kier molecular flexibility index (Phi) is 11.2. The van der Waals surface area contributed by atoms with Crippen molar-refractivity contribution in [3.05, 3.63) is 70.3 Å². The molecule has 11 nitrogen and oxygen atoms in total. The van der Waals surface area contributed by atoms with Crippen molar-refractivity contribution >= 4 is 49.0 Å². The summed E-state index contributed by atoms with van der Waals surface area (Å²) in [6.07, 6.45) is 9.70. The number of halogens is 1. The van der Waals surface area contributed by atoms with Crippen molar-refractivity contribution in [3.63, 3.8) is 0 Å². The summed E-state index contributed by atoms with van der Waals surface area (Å²) < 4.78 is 57.1. The minimum atomic E-state index is -3.57. The first kappa shape index (κ1) is 35.7. The molecular formula is C35H45ClN4O7S2. The Hall–Kier alpha value is -3.13. The van der Waals surface area contributed by atoms with Gasteiger partial charge in [-0.3, -0.25) is 9.52 Å². The van der Waals surface area contributed by atoms with Crippen LogP contribution < -0.4 is 14.4 Å². The Labute approximate surface area is 294 Å². The third-order valence-electron chi connectivity index (χ3n) is 10.0. The van der Waals surface area contributed by atoms with Gasteiger partial charge in [-0.2, -0.15) is 0 Å². The van der Waals surface area contributed by atoms with Crippen molar-refractivity contribution in [1.82, 2.24) is 9.62 Å². The molecule has 4 atom stereocenters. The van der Waals surface area contributed by atoms with Gasteiger partial charge in [0.1, 0.15) is 15.7 Å². The highest BCUT2D eigenvalue weighted by atomic mass is 35.5. The van der Waals surface area contributed by atoms with Gasteiger partial charge in [-0.05, 0) is 98.2 Å². The van der Waals surface area contributed by atoms with Gasteiger partial charge in [0.05, 0.1) is 35.7 Å². The van der Waals surface area contributed by atoms with Crippen LogP contribution in [0.4, 0.5) is 10.5 Å². The summed E-state index contributed by atoms with van der Waals surface area (Å²) in [5.74, 6) is 0.205. The van der Waals surface area contributed by atoms with Crippen molar-refractivity contribution in [1.29, 1.82) is 0 Å². The molecule has 3 aliphatic heterocycles. The summed E-state index contributed by atoms with van der Waals surface area (Å²) in [5, 5.41) is 0.697. The molecule has 2 aromatic rings. The first-order valence-electron chi connectivity index (χ1n) is 17.1. The normalized spacial score (nSPS) is 28.3. The fraction of sp³-hybridized carbons (Fsp3) is 0.543. The van der Waals surface area contributed by atoms with Crippen LogP contribution >= 0.6 is 11.6 Å².